The van der Waals surface area contributed by atoms with E-state index < -0.39 is 30.3 Å². The van der Waals surface area contributed by atoms with Gasteiger partial charge in [-0.25, -0.2) is 14.4 Å². The van der Waals surface area contributed by atoms with Crippen molar-refractivity contribution in [3.8, 4) is 11.3 Å². The number of nitrogens with one attached hydrogen (secondary N) is 2. The van der Waals surface area contributed by atoms with Crippen LogP contribution < -0.4 is 10.6 Å². The second kappa shape index (κ2) is 8.56. The number of hydrogen-bond acceptors (Lipinski definition) is 8. The Kier molecular flexibility index (Phi) is 5.35. The Morgan fingerprint density at radius 1 is 1.23 bits per heavy atom. The summed E-state index contributed by atoms with van der Waals surface area (Å²) < 4.78 is 28.5. The highest BCUT2D eigenvalue weighted by Gasteiger charge is 2.32. The first-order valence-corrected chi connectivity index (χ1v) is 11.4. The van der Waals surface area contributed by atoms with E-state index in [1.807, 2.05) is 24.4 Å². The van der Waals surface area contributed by atoms with Crippen LogP contribution in [0.3, 0.4) is 0 Å². The van der Waals surface area contributed by atoms with Gasteiger partial charge in [-0.1, -0.05) is 0 Å². The summed E-state index contributed by atoms with van der Waals surface area (Å²) in [5.41, 5.74) is 2.56. The summed E-state index contributed by atoms with van der Waals surface area (Å²) in [7, 11) is 1.75. The van der Waals surface area contributed by atoms with E-state index in [4.69, 9.17) is 14.5 Å². The minimum absolute atomic E-state index is 0.0512. The van der Waals surface area contributed by atoms with Gasteiger partial charge in [0.2, 0.25) is 0 Å². The van der Waals surface area contributed by atoms with Crippen molar-refractivity contribution in [1.82, 2.24) is 29.5 Å². The molecule has 4 atom stereocenters. The minimum atomic E-state index is -1.14. The van der Waals surface area contributed by atoms with E-state index in [1.54, 1.807) is 22.3 Å². The topological polar surface area (TPSA) is 128 Å². The standard InChI is InChI=1S/C23H24FN7O4/c1-25-20-5-16(14-7-30(18-10-34-8-15(18)24)21-12(14)3-2-4-26-21)28-22-13(6-27-31(20)22)23(33)29-17-9-35-11-19(17)32/h2-7,15,17-19,25,32H,8-11H2,1H3,(H,29,33)/t15-,17+,18+,19-/m0/s1. The van der Waals surface area contributed by atoms with Crippen LogP contribution >= 0.6 is 0 Å². The van der Waals surface area contributed by atoms with Gasteiger partial charge in [0.25, 0.3) is 5.91 Å². The molecule has 0 aliphatic carbocycles. The van der Waals surface area contributed by atoms with Gasteiger partial charge in [-0.15, -0.1) is 0 Å². The number of hydrogen-bond donors (Lipinski definition) is 3. The van der Waals surface area contributed by atoms with Crippen LogP contribution in [-0.2, 0) is 9.47 Å². The first kappa shape index (κ1) is 21.9. The number of anilines is 1. The molecule has 4 aromatic rings. The lowest BCUT2D eigenvalue weighted by Crippen LogP contribution is -2.42. The molecule has 0 spiro atoms. The van der Waals surface area contributed by atoms with Gasteiger partial charge in [0, 0.05) is 36.5 Å². The zero-order valence-electron chi connectivity index (χ0n) is 18.9. The number of alkyl halides is 1. The molecule has 2 aliphatic rings. The van der Waals surface area contributed by atoms with Crippen LogP contribution in [0.2, 0.25) is 0 Å². The quantitative estimate of drug-likeness (QED) is 0.388. The lowest BCUT2D eigenvalue weighted by molar-refractivity contribution is 0.0888. The monoisotopic (exact) mass is 481 g/mol. The third-order valence-electron chi connectivity index (χ3n) is 6.55. The maximum Gasteiger partial charge on any atom is 0.257 e. The van der Waals surface area contributed by atoms with Crippen LogP contribution in [0.4, 0.5) is 10.2 Å². The van der Waals surface area contributed by atoms with Crippen molar-refractivity contribution in [3.63, 3.8) is 0 Å². The largest absolute Gasteiger partial charge is 0.388 e. The van der Waals surface area contributed by atoms with Gasteiger partial charge in [-0.3, -0.25) is 4.79 Å². The normalized spacial score (nSPS) is 24.4. The number of halogens is 1. The number of aliphatic hydroxyl groups excluding tert-OH is 1. The molecule has 1 amide bonds. The molecular weight excluding hydrogens is 457 g/mol. The highest BCUT2D eigenvalue weighted by Crippen LogP contribution is 2.35. The van der Waals surface area contributed by atoms with Crippen molar-refractivity contribution >= 4 is 28.4 Å². The van der Waals surface area contributed by atoms with E-state index in [1.165, 1.54) is 6.20 Å². The fourth-order valence-electron chi connectivity index (χ4n) is 4.68. The average Bonchev–Trinajstić information content (AvgIpc) is 3.65. The molecule has 11 nitrogen and oxygen atoms in total. The van der Waals surface area contributed by atoms with Gasteiger partial charge >= 0.3 is 0 Å². The van der Waals surface area contributed by atoms with Crippen molar-refractivity contribution in [1.29, 1.82) is 0 Å². The number of pyridine rings is 1. The molecule has 0 aromatic carbocycles. The lowest BCUT2D eigenvalue weighted by Gasteiger charge is -2.14. The van der Waals surface area contributed by atoms with Gasteiger partial charge in [0.05, 0.1) is 56.5 Å². The lowest BCUT2D eigenvalue weighted by atomic mass is 10.1. The van der Waals surface area contributed by atoms with Crippen LogP contribution in [0.1, 0.15) is 16.4 Å². The third-order valence-corrected chi connectivity index (χ3v) is 6.55. The van der Waals surface area contributed by atoms with Gasteiger partial charge in [-0.05, 0) is 12.1 Å². The number of fused-ring (bicyclic) bond motifs is 2. The summed E-state index contributed by atoms with van der Waals surface area (Å²) in [5.74, 6) is 0.208. The second-order valence-electron chi connectivity index (χ2n) is 8.70. The first-order chi connectivity index (χ1) is 17.0. The number of carbonyl (C=O) groups is 1. The number of amides is 1. The fourth-order valence-corrected chi connectivity index (χ4v) is 4.68. The van der Waals surface area contributed by atoms with E-state index in [-0.39, 0.29) is 32.0 Å². The summed E-state index contributed by atoms with van der Waals surface area (Å²) in [6, 6.07) is 4.56. The molecule has 0 radical (unpaired) electrons. The van der Waals surface area contributed by atoms with Crippen molar-refractivity contribution in [3.05, 3.63) is 42.4 Å². The van der Waals surface area contributed by atoms with Gasteiger partial charge in [0.1, 0.15) is 23.2 Å². The van der Waals surface area contributed by atoms with Crippen molar-refractivity contribution in [2.45, 2.75) is 24.4 Å². The van der Waals surface area contributed by atoms with E-state index in [2.05, 4.69) is 20.7 Å². The van der Waals surface area contributed by atoms with Crippen LogP contribution in [0, 0.1) is 0 Å². The molecule has 6 heterocycles. The Morgan fingerprint density at radius 3 is 2.83 bits per heavy atom. The van der Waals surface area contributed by atoms with E-state index >= 15 is 0 Å². The first-order valence-electron chi connectivity index (χ1n) is 11.4. The Morgan fingerprint density at radius 2 is 2.09 bits per heavy atom. The van der Waals surface area contributed by atoms with Gasteiger partial charge in [-0.2, -0.15) is 9.61 Å². The summed E-state index contributed by atoms with van der Waals surface area (Å²) in [4.78, 5) is 22.3. The Labute approximate surface area is 198 Å². The molecule has 0 bridgehead atoms. The number of aliphatic hydroxyl groups is 1. The molecule has 2 fully saturated rings. The number of carbonyl (C=O) groups excluding carboxylic acids is 1. The van der Waals surface area contributed by atoms with Crippen molar-refractivity contribution < 1.29 is 23.8 Å². The predicted octanol–water partition coefficient (Wildman–Crippen LogP) is 1.19. The highest BCUT2D eigenvalue weighted by atomic mass is 19.1. The SMILES string of the molecule is CNc1cc(-c2cn([C@@H]3COC[C@@H]3F)c3ncccc23)nc2c(C(=O)N[C@@H]3COC[C@@H]3O)cnn12. The third kappa shape index (κ3) is 3.61. The Bertz CT molecular complexity index is 1420. The molecule has 182 valence electrons. The number of aromatic nitrogens is 5. The van der Waals surface area contributed by atoms with E-state index in [0.29, 0.717) is 22.8 Å². The van der Waals surface area contributed by atoms with Gasteiger partial charge < -0.3 is 29.8 Å². The number of nitrogens with zero attached hydrogens (tertiary/aromatic N) is 5. The summed E-state index contributed by atoms with van der Waals surface area (Å²) in [6.07, 6.45) is 3.05. The van der Waals surface area contributed by atoms with Crippen molar-refractivity contribution in [2.75, 3.05) is 38.8 Å². The molecule has 3 N–H and O–H groups in total. The molecule has 4 aromatic heterocycles. The highest BCUT2D eigenvalue weighted by molar-refractivity contribution is 6.01. The maximum absolute atomic E-state index is 14.6. The predicted molar refractivity (Wildman–Crippen MR) is 124 cm³/mol. The van der Waals surface area contributed by atoms with Crippen LogP contribution in [0.5, 0.6) is 0 Å². The van der Waals surface area contributed by atoms with Crippen molar-refractivity contribution in [2.24, 2.45) is 0 Å². The molecular formula is C23H24FN7O4. The fraction of sp³-hybridized carbons (Fsp3) is 0.391. The average molecular weight is 481 g/mol. The molecule has 2 saturated heterocycles. The van der Waals surface area contributed by atoms with Gasteiger partial charge in [0.15, 0.2) is 5.65 Å². The van der Waals surface area contributed by atoms with E-state index in [9.17, 15) is 14.3 Å². The van der Waals surface area contributed by atoms with Crippen LogP contribution in [0.25, 0.3) is 27.9 Å². The van der Waals surface area contributed by atoms with Crippen LogP contribution in [-0.4, -0.2) is 87.0 Å². The number of rotatable bonds is 5. The Balaban J connectivity index is 1.47. The molecule has 0 saturated carbocycles. The van der Waals surface area contributed by atoms with E-state index in [0.717, 1.165) is 10.9 Å². The van der Waals surface area contributed by atoms with Crippen LogP contribution in [0.15, 0.2) is 36.8 Å². The maximum atomic E-state index is 14.6. The number of ether oxygens (including phenoxy) is 2. The smallest absolute Gasteiger partial charge is 0.257 e. The molecule has 35 heavy (non-hydrogen) atoms. The summed E-state index contributed by atoms with van der Waals surface area (Å²) in [6.45, 7) is 0.726. The Hall–Kier alpha value is -3.61. The molecule has 12 heteroatoms. The summed E-state index contributed by atoms with van der Waals surface area (Å²) >= 11 is 0. The second-order valence-corrected chi connectivity index (χ2v) is 8.70. The molecule has 6 rings (SSSR count). The summed E-state index contributed by atoms with van der Waals surface area (Å²) in [5, 5.41) is 21.0. The zero-order chi connectivity index (χ0) is 24.1. The molecule has 2 aliphatic heterocycles. The zero-order valence-corrected chi connectivity index (χ0v) is 18.9. The molecule has 0 unspecified atom stereocenters. The minimum Gasteiger partial charge on any atom is -0.388 e.